The van der Waals surface area contributed by atoms with E-state index >= 15 is 0 Å². The van der Waals surface area contributed by atoms with Gasteiger partial charge in [0.2, 0.25) is 0 Å². The summed E-state index contributed by atoms with van der Waals surface area (Å²) in [5, 5.41) is 0. The summed E-state index contributed by atoms with van der Waals surface area (Å²) < 4.78 is 5.98. The molecule has 0 unspecified atom stereocenters. The van der Waals surface area contributed by atoms with E-state index in [1.54, 1.807) is 6.26 Å². The van der Waals surface area contributed by atoms with Crippen molar-refractivity contribution in [2.45, 2.75) is 24.4 Å². The van der Waals surface area contributed by atoms with Gasteiger partial charge < -0.3 is 9.32 Å². The first-order valence-corrected chi connectivity index (χ1v) is 10.4. The van der Waals surface area contributed by atoms with Crippen molar-refractivity contribution in [2.24, 2.45) is 4.99 Å². The quantitative estimate of drug-likeness (QED) is 0.403. The molecule has 1 saturated heterocycles. The highest BCUT2D eigenvalue weighted by Crippen LogP contribution is 2.59. The summed E-state index contributed by atoms with van der Waals surface area (Å²) in [5.74, 6) is 2.07. The van der Waals surface area contributed by atoms with Crippen molar-refractivity contribution in [1.29, 1.82) is 0 Å². The fraction of sp³-hybridized carbons (Fsp3) is 0.148. The van der Waals surface area contributed by atoms with Crippen molar-refractivity contribution in [2.75, 3.05) is 0 Å². The van der Waals surface area contributed by atoms with E-state index in [0.717, 1.165) is 17.3 Å². The molecule has 1 fully saturated rings. The summed E-state index contributed by atoms with van der Waals surface area (Å²) in [6.07, 6.45) is 1.77. The second kappa shape index (κ2) is 6.46. The molecule has 0 bridgehead atoms. The van der Waals surface area contributed by atoms with Gasteiger partial charge in [-0.05, 0) is 36.2 Å². The largest absolute Gasteiger partial charge is 0.467 e. The molecular formula is C27H22N2O. The summed E-state index contributed by atoms with van der Waals surface area (Å²) in [6, 6.07) is 34.1. The topological polar surface area (TPSA) is 28.7 Å². The van der Waals surface area contributed by atoms with Crippen LogP contribution in [0.5, 0.6) is 0 Å². The third kappa shape index (κ3) is 2.29. The van der Waals surface area contributed by atoms with E-state index in [-0.39, 0.29) is 17.5 Å². The average Bonchev–Trinajstić information content (AvgIpc) is 3.33. The number of nitrogens with zero attached hydrogens (tertiary/aromatic N) is 2. The van der Waals surface area contributed by atoms with Gasteiger partial charge in [-0.25, -0.2) is 4.99 Å². The molecule has 30 heavy (non-hydrogen) atoms. The minimum atomic E-state index is -0.264. The van der Waals surface area contributed by atoms with Crippen LogP contribution >= 0.6 is 0 Å². The molecule has 146 valence electrons. The Bertz CT molecular complexity index is 1210. The highest BCUT2D eigenvalue weighted by atomic mass is 16.3. The van der Waals surface area contributed by atoms with Gasteiger partial charge in [-0.1, -0.05) is 78.9 Å². The fourth-order valence-corrected chi connectivity index (χ4v) is 5.17. The van der Waals surface area contributed by atoms with Crippen molar-refractivity contribution < 1.29 is 4.42 Å². The molecule has 2 aliphatic heterocycles. The van der Waals surface area contributed by atoms with Gasteiger partial charge >= 0.3 is 0 Å². The Morgan fingerprint density at radius 1 is 0.800 bits per heavy atom. The minimum Gasteiger partial charge on any atom is -0.467 e. The van der Waals surface area contributed by atoms with Gasteiger partial charge in [0.25, 0.3) is 0 Å². The fourth-order valence-electron chi connectivity index (χ4n) is 5.17. The van der Waals surface area contributed by atoms with Crippen molar-refractivity contribution in [3.63, 3.8) is 0 Å². The lowest BCUT2D eigenvalue weighted by Gasteiger charge is -2.61. The van der Waals surface area contributed by atoms with Crippen LogP contribution in [0.15, 0.2) is 113 Å². The second-order valence-electron chi connectivity index (χ2n) is 8.20. The van der Waals surface area contributed by atoms with Gasteiger partial charge in [-0.15, -0.1) is 0 Å². The maximum Gasteiger partial charge on any atom is 0.127 e. The molecule has 0 N–H and O–H groups in total. The van der Waals surface area contributed by atoms with E-state index in [1.807, 2.05) is 6.07 Å². The molecule has 0 saturated carbocycles. The predicted octanol–water partition coefficient (Wildman–Crippen LogP) is 6.43. The molecule has 4 aromatic rings. The van der Waals surface area contributed by atoms with Gasteiger partial charge in [0.15, 0.2) is 0 Å². The van der Waals surface area contributed by atoms with Crippen LogP contribution in [-0.4, -0.2) is 10.7 Å². The standard InChI is InChI=1S/C27H22N2O/c1-27(20-13-6-3-7-14-20)25(23-17-10-18-30-23)29-24(19-11-4-2-5-12-19)21-15-8-9-16-22(21)28-26(27)29/h2-18,24-25H,1H3/t24-,25-,27+/m0/s1. The highest BCUT2D eigenvalue weighted by Gasteiger charge is 2.61. The van der Waals surface area contributed by atoms with E-state index in [1.165, 1.54) is 16.7 Å². The van der Waals surface area contributed by atoms with Crippen molar-refractivity contribution in [3.05, 3.63) is 126 Å². The van der Waals surface area contributed by atoms with Gasteiger partial charge in [0.1, 0.15) is 17.6 Å². The summed E-state index contributed by atoms with van der Waals surface area (Å²) in [6.45, 7) is 2.29. The Morgan fingerprint density at radius 3 is 2.23 bits per heavy atom. The number of para-hydroxylation sites is 1. The first kappa shape index (κ1) is 17.3. The lowest BCUT2D eigenvalue weighted by atomic mass is 9.63. The Balaban J connectivity index is 1.61. The monoisotopic (exact) mass is 390 g/mol. The number of benzene rings is 3. The van der Waals surface area contributed by atoms with Gasteiger partial charge in [-0.3, -0.25) is 0 Å². The molecular weight excluding hydrogens is 368 g/mol. The van der Waals surface area contributed by atoms with E-state index in [2.05, 4.69) is 103 Å². The lowest BCUT2D eigenvalue weighted by Crippen LogP contribution is -2.66. The van der Waals surface area contributed by atoms with Gasteiger partial charge in [0.05, 0.1) is 23.4 Å². The Hall–Kier alpha value is -3.59. The average molecular weight is 390 g/mol. The molecule has 3 heteroatoms. The number of aliphatic imine (C=N–C) groups is 1. The van der Waals surface area contributed by atoms with Gasteiger partial charge in [-0.2, -0.15) is 0 Å². The Kier molecular flexibility index (Phi) is 3.72. The summed E-state index contributed by atoms with van der Waals surface area (Å²) in [7, 11) is 0. The first-order chi connectivity index (χ1) is 14.8. The highest BCUT2D eigenvalue weighted by molar-refractivity contribution is 6.03. The Morgan fingerprint density at radius 2 is 1.50 bits per heavy atom. The van der Waals surface area contributed by atoms with Crippen LogP contribution in [0.4, 0.5) is 5.69 Å². The van der Waals surface area contributed by atoms with Crippen LogP contribution < -0.4 is 0 Å². The zero-order valence-corrected chi connectivity index (χ0v) is 16.8. The van der Waals surface area contributed by atoms with Crippen LogP contribution in [0, 0.1) is 0 Å². The normalized spacial score (nSPS) is 24.4. The van der Waals surface area contributed by atoms with Crippen LogP contribution in [0.1, 0.15) is 41.5 Å². The third-order valence-electron chi connectivity index (χ3n) is 6.57. The van der Waals surface area contributed by atoms with Crippen LogP contribution in [0.3, 0.4) is 0 Å². The number of amidine groups is 1. The number of rotatable bonds is 3. The third-order valence-corrected chi connectivity index (χ3v) is 6.57. The van der Waals surface area contributed by atoms with E-state index in [0.29, 0.717) is 0 Å². The SMILES string of the molecule is C[C@]1(c2ccccc2)C2=Nc3ccccc3[C@H](c3ccccc3)N2[C@H]1c1ccco1. The predicted molar refractivity (Wildman–Crippen MR) is 119 cm³/mol. The smallest absolute Gasteiger partial charge is 0.127 e. The van der Waals surface area contributed by atoms with E-state index < -0.39 is 0 Å². The first-order valence-electron chi connectivity index (χ1n) is 10.4. The molecule has 1 aromatic heterocycles. The van der Waals surface area contributed by atoms with Crippen molar-refractivity contribution in [3.8, 4) is 0 Å². The van der Waals surface area contributed by atoms with E-state index in [4.69, 9.17) is 9.41 Å². The van der Waals surface area contributed by atoms with E-state index in [9.17, 15) is 0 Å². The molecule has 0 spiro atoms. The molecule has 3 atom stereocenters. The van der Waals surface area contributed by atoms with Crippen LogP contribution in [0.25, 0.3) is 0 Å². The molecule has 0 radical (unpaired) electrons. The summed E-state index contributed by atoms with van der Waals surface area (Å²) >= 11 is 0. The number of hydrogen-bond donors (Lipinski definition) is 0. The van der Waals surface area contributed by atoms with Crippen molar-refractivity contribution in [1.82, 2.24) is 4.90 Å². The maximum atomic E-state index is 5.98. The maximum absolute atomic E-state index is 5.98. The molecule has 6 rings (SSSR count). The minimum absolute atomic E-state index is 0.0622. The summed E-state index contributed by atoms with van der Waals surface area (Å²) in [5.41, 5.74) is 4.55. The molecule has 3 heterocycles. The van der Waals surface area contributed by atoms with Crippen LogP contribution in [-0.2, 0) is 5.41 Å². The van der Waals surface area contributed by atoms with Gasteiger partial charge in [0, 0.05) is 5.56 Å². The molecule has 3 nitrogen and oxygen atoms in total. The van der Waals surface area contributed by atoms with Crippen molar-refractivity contribution >= 4 is 11.5 Å². The molecule has 0 aliphatic carbocycles. The lowest BCUT2D eigenvalue weighted by molar-refractivity contribution is 0.0996. The second-order valence-corrected chi connectivity index (χ2v) is 8.20. The van der Waals surface area contributed by atoms with Crippen LogP contribution in [0.2, 0.25) is 0 Å². The molecule has 0 amide bonds. The summed E-state index contributed by atoms with van der Waals surface area (Å²) in [4.78, 5) is 7.63. The number of furan rings is 1. The number of hydrogen-bond acceptors (Lipinski definition) is 3. The number of fused-ring (bicyclic) bond motifs is 2. The molecule has 2 aliphatic rings. The zero-order chi connectivity index (χ0) is 20.1. The Labute approximate surface area is 176 Å². The molecule has 3 aromatic carbocycles. The zero-order valence-electron chi connectivity index (χ0n) is 16.8.